The normalized spacial score (nSPS) is 28.0. The lowest BCUT2D eigenvalue weighted by molar-refractivity contribution is 0.341. The van der Waals surface area contributed by atoms with Gasteiger partial charge in [0.25, 0.3) is 0 Å². The topological polar surface area (TPSA) is 47.1 Å². The standard InChI is InChI=1S/C17H30N4/c1-3-14-12-21(15-7-5-4-6-8-15)17(19-14)20-10-9-16(18)13(2)11-20/h12-13,15-16H,3-11,18H2,1-2H3. The van der Waals surface area contributed by atoms with Gasteiger partial charge in [-0.3, -0.25) is 0 Å². The van der Waals surface area contributed by atoms with Crippen LogP contribution in [0.25, 0.3) is 0 Å². The molecular formula is C17H30N4. The van der Waals surface area contributed by atoms with Crippen LogP contribution in [0.2, 0.25) is 0 Å². The van der Waals surface area contributed by atoms with Crippen LogP contribution in [0.5, 0.6) is 0 Å². The van der Waals surface area contributed by atoms with Crippen molar-refractivity contribution < 1.29 is 0 Å². The van der Waals surface area contributed by atoms with Gasteiger partial charge < -0.3 is 15.2 Å². The van der Waals surface area contributed by atoms with Crippen LogP contribution >= 0.6 is 0 Å². The summed E-state index contributed by atoms with van der Waals surface area (Å²) in [6, 6.07) is 1.01. The molecule has 1 aromatic rings. The average molecular weight is 290 g/mol. The Hall–Kier alpha value is -1.03. The fourth-order valence-electron chi connectivity index (χ4n) is 3.81. The quantitative estimate of drug-likeness (QED) is 0.930. The average Bonchev–Trinajstić information content (AvgIpc) is 2.95. The van der Waals surface area contributed by atoms with Crippen molar-refractivity contribution in [3.05, 3.63) is 11.9 Å². The van der Waals surface area contributed by atoms with Crippen molar-refractivity contribution in [2.24, 2.45) is 11.7 Å². The molecular weight excluding hydrogens is 260 g/mol. The Balaban J connectivity index is 1.84. The van der Waals surface area contributed by atoms with E-state index in [2.05, 4.69) is 29.5 Å². The van der Waals surface area contributed by atoms with Gasteiger partial charge in [-0.25, -0.2) is 4.98 Å². The largest absolute Gasteiger partial charge is 0.342 e. The zero-order valence-electron chi connectivity index (χ0n) is 13.6. The Bertz CT molecular complexity index is 461. The molecule has 0 amide bonds. The van der Waals surface area contributed by atoms with E-state index in [0.717, 1.165) is 25.9 Å². The van der Waals surface area contributed by atoms with Crippen LogP contribution in [0.3, 0.4) is 0 Å². The molecule has 0 radical (unpaired) electrons. The van der Waals surface area contributed by atoms with Gasteiger partial charge in [0, 0.05) is 31.4 Å². The molecule has 2 unspecified atom stereocenters. The van der Waals surface area contributed by atoms with Gasteiger partial charge >= 0.3 is 0 Å². The summed E-state index contributed by atoms with van der Waals surface area (Å²) >= 11 is 0. The summed E-state index contributed by atoms with van der Waals surface area (Å²) < 4.78 is 2.49. The van der Waals surface area contributed by atoms with Crippen molar-refractivity contribution in [1.82, 2.24) is 9.55 Å². The maximum atomic E-state index is 6.18. The highest BCUT2D eigenvalue weighted by Crippen LogP contribution is 2.33. The summed E-state index contributed by atoms with van der Waals surface area (Å²) in [4.78, 5) is 7.41. The number of hydrogen-bond donors (Lipinski definition) is 1. The summed E-state index contributed by atoms with van der Waals surface area (Å²) in [5.74, 6) is 1.76. The van der Waals surface area contributed by atoms with E-state index in [1.807, 2.05) is 0 Å². The van der Waals surface area contributed by atoms with Gasteiger partial charge in [0.1, 0.15) is 0 Å². The molecule has 3 rings (SSSR count). The minimum absolute atomic E-state index is 0.352. The molecule has 1 aliphatic carbocycles. The third-order valence-corrected chi connectivity index (χ3v) is 5.35. The van der Waals surface area contributed by atoms with Crippen LogP contribution in [-0.2, 0) is 6.42 Å². The minimum Gasteiger partial charge on any atom is -0.342 e. The lowest BCUT2D eigenvalue weighted by Crippen LogP contribution is -2.47. The van der Waals surface area contributed by atoms with E-state index in [1.54, 1.807) is 0 Å². The van der Waals surface area contributed by atoms with Crippen LogP contribution in [0, 0.1) is 5.92 Å². The van der Waals surface area contributed by atoms with Gasteiger partial charge in [-0.2, -0.15) is 0 Å². The molecule has 118 valence electrons. The Morgan fingerprint density at radius 2 is 2.00 bits per heavy atom. The lowest BCUT2D eigenvalue weighted by Gasteiger charge is -2.37. The minimum atomic E-state index is 0.352. The maximum Gasteiger partial charge on any atom is 0.205 e. The zero-order chi connectivity index (χ0) is 14.8. The Morgan fingerprint density at radius 3 is 2.67 bits per heavy atom. The smallest absolute Gasteiger partial charge is 0.205 e. The summed E-state index contributed by atoms with van der Waals surface area (Å²) in [6.07, 6.45) is 11.2. The fourth-order valence-corrected chi connectivity index (χ4v) is 3.81. The van der Waals surface area contributed by atoms with E-state index >= 15 is 0 Å². The highest BCUT2D eigenvalue weighted by molar-refractivity contribution is 5.35. The van der Waals surface area contributed by atoms with E-state index < -0.39 is 0 Å². The molecule has 4 heteroatoms. The molecule has 0 aromatic carbocycles. The SMILES string of the molecule is CCc1cn(C2CCCCC2)c(N2CCC(N)C(C)C2)n1. The number of aryl methyl sites for hydroxylation is 1. The molecule has 2 atom stereocenters. The number of hydrogen-bond acceptors (Lipinski definition) is 3. The van der Waals surface area contributed by atoms with Crippen LogP contribution in [0.15, 0.2) is 6.20 Å². The summed E-state index contributed by atoms with van der Waals surface area (Å²) in [5, 5.41) is 0. The molecule has 2 heterocycles. The highest BCUT2D eigenvalue weighted by atomic mass is 15.3. The van der Waals surface area contributed by atoms with Crippen LogP contribution < -0.4 is 10.6 Å². The lowest BCUT2D eigenvalue weighted by atomic mass is 9.94. The Kier molecular flexibility index (Phi) is 4.53. The van der Waals surface area contributed by atoms with Gasteiger partial charge in [-0.05, 0) is 31.6 Å². The molecule has 1 saturated heterocycles. The van der Waals surface area contributed by atoms with Crippen molar-refractivity contribution in [2.75, 3.05) is 18.0 Å². The van der Waals surface area contributed by atoms with Gasteiger partial charge in [-0.1, -0.05) is 33.1 Å². The number of rotatable bonds is 3. The van der Waals surface area contributed by atoms with Crippen molar-refractivity contribution >= 4 is 5.95 Å². The van der Waals surface area contributed by atoms with Gasteiger partial charge in [0.05, 0.1) is 5.69 Å². The zero-order valence-corrected chi connectivity index (χ0v) is 13.6. The molecule has 0 bridgehead atoms. The predicted octanol–water partition coefficient (Wildman–Crippen LogP) is 3.12. The number of anilines is 1. The van der Waals surface area contributed by atoms with Gasteiger partial charge in [0.15, 0.2) is 0 Å². The number of imidazole rings is 1. The van der Waals surface area contributed by atoms with E-state index in [9.17, 15) is 0 Å². The number of nitrogens with two attached hydrogens (primary N) is 1. The van der Waals surface area contributed by atoms with Crippen LogP contribution in [0.1, 0.15) is 64.1 Å². The first kappa shape index (κ1) is 14.9. The molecule has 0 spiro atoms. The highest BCUT2D eigenvalue weighted by Gasteiger charge is 2.28. The first-order chi connectivity index (χ1) is 10.2. The van der Waals surface area contributed by atoms with Crippen molar-refractivity contribution in [3.8, 4) is 0 Å². The molecule has 2 N–H and O–H groups in total. The van der Waals surface area contributed by atoms with Crippen molar-refractivity contribution in [3.63, 3.8) is 0 Å². The van der Waals surface area contributed by atoms with Gasteiger partial charge in [0.2, 0.25) is 5.95 Å². The molecule has 2 aliphatic rings. The fraction of sp³-hybridized carbons (Fsp3) is 0.824. The summed E-state index contributed by atoms with van der Waals surface area (Å²) in [7, 11) is 0. The number of aromatic nitrogens is 2. The van der Waals surface area contributed by atoms with E-state index in [0.29, 0.717) is 18.0 Å². The van der Waals surface area contributed by atoms with E-state index in [-0.39, 0.29) is 0 Å². The predicted molar refractivity (Wildman–Crippen MR) is 87.7 cm³/mol. The maximum absolute atomic E-state index is 6.18. The van der Waals surface area contributed by atoms with Crippen molar-refractivity contribution in [1.29, 1.82) is 0 Å². The first-order valence-corrected chi connectivity index (χ1v) is 8.77. The van der Waals surface area contributed by atoms with E-state index in [4.69, 9.17) is 10.7 Å². The number of nitrogens with zero attached hydrogens (tertiary/aromatic N) is 3. The van der Waals surface area contributed by atoms with Crippen molar-refractivity contribution in [2.45, 2.75) is 70.9 Å². The second-order valence-corrected chi connectivity index (χ2v) is 6.96. The molecule has 1 saturated carbocycles. The molecule has 1 aliphatic heterocycles. The van der Waals surface area contributed by atoms with Crippen LogP contribution in [-0.4, -0.2) is 28.7 Å². The monoisotopic (exact) mass is 290 g/mol. The van der Waals surface area contributed by atoms with Crippen LogP contribution in [0.4, 0.5) is 5.95 Å². The Labute approximate surface area is 128 Å². The third kappa shape index (κ3) is 3.10. The summed E-state index contributed by atoms with van der Waals surface area (Å²) in [6.45, 7) is 6.57. The second kappa shape index (κ2) is 6.39. The van der Waals surface area contributed by atoms with E-state index in [1.165, 1.54) is 43.7 Å². The Morgan fingerprint density at radius 1 is 1.24 bits per heavy atom. The molecule has 21 heavy (non-hydrogen) atoms. The summed E-state index contributed by atoms with van der Waals surface area (Å²) in [5.41, 5.74) is 7.41. The molecule has 4 nitrogen and oxygen atoms in total. The number of piperidine rings is 1. The molecule has 1 aromatic heterocycles. The first-order valence-electron chi connectivity index (χ1n) is 8.77. The third-order valence-electron chi connectivity index (χ3n) is 5.35. The second-order valence-electron chi connectivity index (χ2n) is 6.96. The molecule has 2 fully saturated rings. The van der Waals surface area contributed by atoms with Gasteiger partial charge in [-0.15, -0.1) is 0 Å².